The van der Waals surface area contributed by atoms with Gasteiger partial charge in [0.25, 0.3) is 0 Å². The number of aryl methyl sites for hydroxylation is 1. The molecular formula is C24H21NO. The fourth-order valence-corrected chi connectivity index (χ4v) is 4.36. The highest BCUT2D eigenvalue weighted by Crippen LogP contribution is 2.37. The second-order valence-corrected chi connectivity index (χ2v) is 7.28. The van der Waals surface area contributed by atoms with Crippen molar-refractivity contribution >= 4 is 11.5 Å². The normalized spacial score (nSPS) is 14.5. The van der Waals surface area contributed by atoms with Gasteiger partial charge in [-0.3, -0.25) is 4.79 Å². The molecule has 0 amide bonds. The number of anilines is 1. The molecular weight excluding hydrogens is 318 g/mol. The fraction of sp³-hybridized carbons (Fsp3) is 0.208. The summed E-state index contributed by atoms with van der Waals surface area (Å²) < 4.78 is 0. The average Bonchev–Trinajstić information content (AvgIpc) is 3.06. The van der Waals surface area contributed by atoms with Crippen molar-refractivity contribution in [3.63, 3.8) is 0 Å². The van der Waals surface area contributed by atoms with Crippen molar-refractivity contribution in [1.29, 1.82) is 0 Å². The largest absolute Gasteiger partial charge is 0.364 e. The number of fused-ring (bicyclic) bond motifs is 4. The van der Waals surface area contributed by atoms with Crippen molar-refractivity contribution in [1.82, 2.24) is 0 Å². The highest BCUT2D eigenvalue weighted by molar-refractivity contribution is 6.00. The van der Waals surface area contributed by atoms with Crippen LogP contribution in [0, 0.1) is 0 Å². The quantitative estimate of drug-likeness (QED) is 0.495. The maximum atomic E-state index is 13.0. The molecule has 2 nitrogen and oxygen atoms in total. The molecule has 128 valence electrons. The molecule has 0 radical (unpaired) electrons. The van der Waals surface area contributed by atoms with Crippen LogP contribution in [0.5, 0.6) is 0 Å². The summed E-state index contributed by atoms with van der Waals surface area (Å²) in [6.45, 7) is 1.42. The molecule has 0 aromatic heterocycles. The van der Waals surface area contributed by atoms with Gasteiger partial charge in [-0.2, -0.15) is 0 Å². The SMILES string of the molecule is O=C(CN1CCCc2ccccc21)c1ccc2c(c1)Cc1ccccc1-2. The zero-order chi connectivity index (χ0) is 17.5. The van der Waals surface area contributed by atoms with Crippen molar-refractivity contribution in [2.45, 2.75) is 19.3 Å². The lowest BCUT2D eigenvalue weighted by Gasteiger charge is -2.30. The summed E-state index contributed by atoms with van der Waals surface area (Å²) >= 11 is 0. The van der Waals surface area contributed by atoms with E-state index in [0.29, 0.717) is 6.54 Å². The van der Waals surface area contributed by atoms with Crippen molar-refractivity contribution in [2.24, 2.45) is 0 Å². The molecule has 2 aliphatic rings. The predicted octanol–water partition coefficient (Wildman–Crippen LogP) is 4.89. The van der Waals surface area contributed by atoms with Gasteiger partial charge in [-0.15, -0.1) is 0 Å². The molecule has 1 aliphatic heterocycles. The van der Waals surface area contributed by atoms with E-state index in [2.05, 4.69) is 65.6 Å². The molecule has 0 unspecified atom stereocenters. The second kappa shape index (κ2) is 6.14. The van der Waals surface area contributed by atoms with E-state index in [1.54, 1.807) is 0 Å². The number of carbonyl (C=O) groups is 1. The van der Waals surface area contributed by atoms with Gasteiger partial charge in [-0.1, -0.05) is 54.6 Å². The highest BCUT2D eigenvalue weighted by atomic mass is 16.1. The first-order valence-electron chi connectivity index (χ1n) is 9.37. The van der Waals surface area contributed by atoms with Crippen LogP contribution in [-0.2, 0) is 12.8 Å². The smallest absolute Gasteiger partial charge is 0.182 e. The molecule has 0 N–H and O–H groups in total. The van der Waals surface area contributed by atoms with E-state index in [-0.39, 0.29) is 5.78 Å². The lowest BCUT2D eigenvalue weighted by molar-refractivity contribution is 0.0998. The van der Waals surface area contributed by atoms with Gasteiger partial charge in [0.05, 0.1) is 6.54 Å². The monoisotopic (exact) mass is 339 g/mol. The minimum Gasteiger partial charge on any atom is -0.364 e. The van der Waals surface area contributed by atoms with E-state index >= 15 is 0 Å². The van der Waals surface area contributed by atoms with Crippen LogP contribution in [0.2, 0.25) is 0 Å². The third-order valence-corrected chi connectivity index (χ3v) is 5.66. The lowest BCUT2D eigenvalue weighted by Crippen LogP contribution is -2.34. The van der Waals surface area contributed by atoms with Crippen LogP contribution in [-0.4, -0.2) is 18.9 Å². The Morgan fingerprint density at radius 2 is 1.62 bits per heavy atom. The number of Topliss-reactive ketones (excluding diaryl/α,β-unsaturated/α-hetero) is 1. The molecule has 0 spiro atoms. The number of benzene rings is 3. The Hall–Kier alpha value is -2.87. The average molecular weight is 339 g/mol. The standard InChI is InChI=1S/C24H21NO/c26-24(16-25-13-5-8-17-6-2-4-10-23(17)25)19-11-12-22-20(15-19)14-18-7-1-3-9-21(18)22/h1-4,6-7,9-12,15H,5,8,13-14,16H2. The van der Waals surface area contributed by atoms with Gasteiger partial charge in [-0.05, 0) is 59.2 Å². The summed E-state index contributed by atoms with van der Waals surface area (Å²) in [5.74, 6) is 0.209. The first-order valence-corrected chi connectivity index (χ1v) is 9.37. The van der Waals surface area contributed by atoms with Gasteiger partial charge in [0.2, 0.25) is 0 Å². The Balaban J connectivity index is 1.40. The van der Waals surface area contributed by atoms with E-state index in [0.717, 1.165) is 31.4 Å². The molecule has 0 saturated heterocycles. The van der Waals surface area contributed by atoms with E-state index in [9.17, 15) is 4.79 Å². The van der Waals surface area contributed by atoms with E-state index in [4.69, 9.17) is 0 Å². The highest BCUT2D eigenvalue weighted by Gasteiger charge is 2.22. The number of ketones is 1. The van der Waals surface area contributed by atoms with Crippen molar-refractivity contribution < 1.29 is 4.79 Å². The zero-order valence-electron chi connectivity index (χ0n) is 14.7. The Labute approximate surface area is 154 Å². The fourth-order valence-electron chi connectivity index (χ4n) is 4.36. The third-order valence-electron chi connectivity index (χ3n) is 5.66. The molecule has 5 rings (SSSR count). The van der Waals surface area contributed by atoms with Crippen LogP contribution >= 0.6 is 0 Å². The number of rotatable bonds is 3. The van der Waals surface area contributed by atoms with Crippen molar-refractivity contribution in [2.75, 3.05) is 18.0 Å². The van der Waals surface area contributed by atoms with Crippen LogP contribution in [0.4, 0.5) is 5.69 Å². The molecule has 0 atom stereocenters. The lowest BCUT2D eigenvalue weighted by atomic mass is 9.99. The predicted molar refractivity (Wildman–Crippen MR) is 106 cm³/mol. The van der Waals surface area contributed by atoms with Crippen LogP contribution in [0.15, 0.2) is 66.7 Å². The number of hydrogen-bond acceptors (Lipinski definition) is 2. The van der Waals surface area contributed by atoms with Crippen molar-refractivity contribution in [3.05, 3.63) is 89.0 Å². The van der Waals surface area contributed by atoms with Gasteiger partial charge >= 0.3 is 0 Å². The first-order chi connectivity index (χ1) is 12.8. The Morgan fingerprint density at radius 1 is 0.846 bits per heavy atom. The van der Waals surface area contributed by atoms with Gasteiger partial charge in [0.1, 0.15) is 0 Å². The van der Waals surface area contributed by atoms with Crippen LogP contribution in [0.25, 0.3) is 11.1 Å². The van der Waals surface area contributed by atoms with Gasteiger partial charge < -0.3 is 4.90 Å². The topological polar surface area (TPSA) is 20.3 Å². The van der Waals surface area contributed by atoms with Crippen molar-refractivity contribution in [3.8, 4) is 11.1 Å². The number of hydrogen-bond donors (Lipinski definition) is 0. The Morgan fingerprint density at radius 3 is 2.54 bits per heavy atom. The first kappa shape index (κ1) is 15.4. The zero-order valence-corrected chi connectivity index (χ0v) is 14.7. The van der Waals surface area contributed by atoms with Gasteiger partial charge in [-0.25, -0.2) is 0 Å². The Kier molecular flexibility index (Phi) is 3.63. The second-order valence-electron chi connectivity index (χ2n) is 7.28. The molecule has 3 aromatic carbocycles. The van der Waals surface area contributed by atoms with E-state index in [1.165, 1.54) is 33.5 Å². The van der Waals surface area contributed by atoms with E-state index in [1.807, 2.05) is 6.07 Å². The number of para-hydroxylation sites is 1. The summed E-state index contributed by atoms with van der Waals surface area (Å²) in [5, 5.41) is 0. The minimum atomic E-state index is 0.209. The molecule has 1 heterocycles. The summed E-state index contributed by atoms with van der Waals surface area (Å²) in [5.41, 5.74) is 8.64. The summed E-state index contributed by atoms with van der Waals surface area (Å²) in [4.78, 5) is 15.2. The molecule has 2 heteroatoms. The number of carbonyl (C=O) groups excluding carboxylic acids is 1. The maximum absolute atomic E-state index is 13.0. The molecule has 0 fully saturated rings. The van der Waals surface area contributed by atoms with Gasteiger partial charge in [0, 0.05) is 17.8 Å². The van der Waals surface area contributed by atoms with Crippen LogP contribution in [0.3, 0.4) is 0 Å². The van der Waals surface area contributed by atoms with E-state index < -0.39 is 0 Å². The maximum Gasteiger partial charge on any atom is 0.182 e. The third kappa shape index (κ3) is 2.53. The summed E-state index contributed by atoms with van der Waals surface area (Å²) in [6.07, 6.45) is 3.15. The van der Waals surface area contributed by atoms with Crippen LogP contribution in [0.1, 0.15) is 33.5 Å². The molecule has 1 aliphatic carbocycles. The van der Waals surface area contributed by atoms with Gasteiger partial charge in [0.15, 0.2) is 5.78 Å². The molecule has 0 bridgehead atoms. The molecule has 26 heavy (non-hydrogen) atoms. The Bertz CT molecular complexity index is 1000. The summed E-state index contributed by atoms with van der Waals surface area (Å²) in [7, 11) is 0. The molecule has 3 aromatic rings. The van der Waals surface area contributed by atoms with Crippen LogP contribution < -0.4 is 4.90 Å². The molecule has 0 saturated carbocycles. The number of nitrogens with zero attached hydrogens (tertiary/aromatic N) is 1. The minimum absolute atomic E-state index is 0.209. The summed E-state index contributed by atoms with van der Waals surface area (Å²) in [6, 6.07) is 23.2.